The molecular weight excluding hydrogens is 318 g/mol. The van der Waals surface area contributed by atoms with Crippen LogP contribution >= 0.6 is 0 Å². The third kappa shape index (κ3) is 3.56. The lowest BCUT2D eigenvalue weighted by Gasteiger charge is -2.10. The maximum Gasteiger partial charge on any atom is 0.169 e. The molecular formula is C22H26F2O. The average molecular weight is 344 g/mol. The summed E-state index contributed by atoms with van der Waals surface area (Å²) in [5.74, 6) is -0.210. The van der Waals surface area contributed by atoms with Gasteiger partial charge in [0.15, 0.2) is 11.6 Å². The molecule has 134 valence electrons. The van der Waals surface area contributed by atoms with Gasteiger partial charge < -0.3 is 4.74 Å². The molecule has 1 aliphatic rings. The highest BCUT2D eigenvalue weighted by Crippen LogP contribution is 2.42. The molecule has 0 radical (unpaired) electrons. The molecule has 0 N–H and O–H groups in total. The fourth-order valence-electron chi connectivity index (χ4n) is 3.49. The molecule has 25 heavy (non-hydrogen) atoms. The van der Waals surface area contributed by atoms with Gasteiger partial charge in [-0.3, -0.25) is 0 Å². The van der Waals surface area contributed by atoms with Gasteiger partial charge in [0.1, 0.15) is 5.82 Å². The highest BCUT2D eigenvalue weighted by molar-refractivity contribution is 5.78. The fraction of sp³-hybridized carbons (Fsp3) is 0.455. The molecule has 0 fully saturated rings. The van der Waals surface area contributed by atoms with Gasteiger partial charge >= 0.3 is 0 Å². The molecule has 3 rings (SSSR count). The normalized spacial score (nSPS) is 12.2. The van der Waals surface area contributed by atoms with E-state index in [9.17, 15) is 8.78 Å². The molecule has 0 bridgehead atoms. The molecule has 0 aromatic heterocycles. The van der Waals surface area contributed by atoms with Gasteiger partial charge in [-0.2, -0.15) is 0 Å². The molecule has 0 saturated carbocycles. The van der Waals surface area contributed by atoms with Gasteiger partial charge in [0.05, 0.1) is 6.61 Å². The minimum Gasteiger partial charge on any atom is -0.491 e. The monoisotopic (exact) mass is 344 g/mol. The Kier molecular flexibility index (Phi) is 5.72. The Balaban J connectivity index is 1.86. The van der Waals surface area contributed by atoms with Crippen LogP contribution < -0.4 is 4.74 Å². The van der Waals surface area contributed by atoms with Crippen LogP contribution in [0.5, 0.6) is 5.75 Å². The zero-order chi connectivity index (χ0) is 17.8. The fourth-order valence-corrected chi connectivity index (χ4v) is 3.49. The van der Waals surface area contributed by atoms with Gasteiger partial charge in [0.2, 0.25) is 0 Å². The summed E-state index contributed by atoms with van der Waals surface area (Å²) in [7, 11) is 0. The van der Waals surface area contributed by atoms with Crippen molar-refractivity contribution in [2.24, 2.45) is 0 Å². The number of hydrogen-bond donors (Lipinski definition) is 0. The van der Waals surface area contributed by atoms with Crippen LogP contribution in [0.25, 0.3) is 11.1 Å². The van der Waals surface area contributed by atoms with Gasteiger partial charge in [-0.25, -0.2) is 8.78 Å². The van der Waals surface area contributed by atoms with Crippen molar-refractivity contribution in [3.05, 3.63) is 52.6 Å². The van der Waals surface area contributed by atoms with E-state index in [1.54, 1.807) is 6.07 Å². The smallest absolute Gasteiger partial charge is 0.169 e. The van der Waals surface area contributed by atoms with E-state index in [1.165, 1.54) is 0 Å². The predicted molar refractivity (Wildman–Crippen MR) is 98.2 cm³/mol. The summed E-state index contributed by atoms with van der Waals surface area (Å²) in [5.41, 5.74) is 3.57. The van der Waals surface area contributed by atoms with Crippen molar-refractivity contribution >= 4 is 0 Å². The second-order valence-corrected chi connectivity index (χ2v) is 6.80. The summed E-state index contributed by atoms with van der Waals surface area (Å²) in [6.45, 7) is 4.72. The summed E-state index contributed by atoms with van der Waals surface area (Å²) < 4.78 is 35.2. The number of hydrogen-bond acceptors (Lipinski definition) is 1. The Morgan fingerprint density at radius 2 is 1.52 bits per heavy atom. The number of fused-ring (bicyclic) bond motifs is 3. The Hall–Kier alpha value is -1.90. The van der Waals surface area contributed by atoms with Crippen LogP contribution in [0.4, 0.5) is 8.78 Å². The van der Waals surface area contributed by atoms with E-state index in [1.807, 2.05) is 18.2 Å². The van der Waals surface area contributed by atoms with Gasteiger partial charge in [0.25, 0.3) is 0 Å². The van der Waals surface area contributed by atoms with Crippen LogP contribution in [-0.2, 0) is 12.8 Å². The zero-order valence-corrected chi connectivity index (χ0v) is 15.1. The Morgan fingerprint density at radius 3 is 2.24 bits per heavy atom. The Morgan fingerprint density at radius 1 is 0.840 bits per heavy atom. The minimum atomic E-state index is -0.336. The quantitative estimate of drug-likeness (QED) is 0.427. The van der Waals surface area contributed by atoms with Crippen LogP contribution in [0, 0.1) is 11.6 Å². The molecule has 0 heterocycles. The van der Waals surface area contributed by atoms with E-state index < -0.39 is 0 Å². The number of halogens is 2. The molecule has 2 aromatic rings. The SMILES string of the molecule is CCCCCc1ccc2c(c1F)Cc1c-2ccc(OCCCC)c1F. The molecule has 2 aromatic carbocycles. The highest BCUT2D eigenvalue weighted by Gasteiger charge is 2.27. The highest BCUT2D eigenvalue weighted by atomic mass is 19.1. The number of aryl methyl sites for hydroxylation is 1. The molecule has 1 nitrogen and oxygen atoms in total. The molecule has 0 spiro atoms. The van der Waals surface area contributed by atoms with E-state index >= 15 is 0 Å². The maximum atomic E-state index is 14.9. The topological polar surface area (TPSA) is 9.23 Å². The molecule has 0 unspecified atom stereocenters. The van der Waals surface area contributed by atoms with E-state index in [2.05, 4.69) is 13.8 Å². The van der Waals surface area contributed by atoms with E-state index in [-0.39, 0.29) is 17.4 Å². The lowest BCUT2D eigenvalue weighted by molar-refractivity contribution is 0.293. The van der Waals surface area contributed by atoms with Crippen LogP contribution in [-0.4, -0.2) is 6.61 Å². The molecule has 0 atom stereocenters. The third-order valence-electron chi connectivity index (χ3n) is 4.98. The third-order valence-corrected chi connectivity index (χ3v) is 4.98. The second kappa shape index (κ2) is 7.99. The summed E-state index contributed by atoms with van der Waals surface area (Å²) in [5, 5.41) is 0. The van der Waals surface area contributed by atoms with Crippen molar-refractivity contribution in [1.29, 1.82) is 0 Å². The number of rotatable bonds is 8. The van der Waals surface area contributed by atoms with Crippen molar-refractivity contribution in [3.8, 4) is 16.9 Å². The molecule has 0 amide bonds. The summed E-state index contributed by atoms with van der Waals surface area (Å²) in [4.78, 5) is 0. The van der Waals surface area contributed by atoms with Crippen molar-refractivity contribution in [2.75, 3.05) is 6.61 Å². The van der Waals surface area contributed by atoms with E-state index in [0.717, 1.165) is 55.2 Å². The van der Waals surface area contributed by atoms with Gasteiger partial charge in [0, 0.05) is 17.5 Å². The second-order valence-electron chi connectivity index (χ2n) is 6.80. The first-order valence-corrected chi connectivity index (χ1v) is 9.42. The summed E-state index contributed by atoms with van der Waals surface area (Å²) >= 11 is 0. The van der Waals surface area contributed by atoms with Crippen molar-refractivity contribution in [2.45, 2.75) is 58.8 Å². The van der Waals surface area contributed by atoms with Crippen LogP contribution in [0.1, 0.15) is 62.6 Å². The van der Waals surface area contributed by atoms with E-state index in [0.29, 0.717) is 24.2 Å². The van der Waals surface area contributed by atoms with Crippen LogP contribution in [0.3, 0.4) is 0 Å². The van der Waals surface area contributed by atoms with Gasteiger partial charge in [-0.05, 0) is 42.0 Å². The molecule has 1 aliphatic carbocycles. The van der Waals surface area contributed by atoms with Crippen molar-refractivity contribution in [1.82, 2.24) is 0 Å². The first-order valence-electron chi connectivity index (χ1n) is 9.42. The number of ether oxygens (including phenoxy) is 1. The standard InChI is InChI=1S/C22H26F2O/c1-3-5-7-8-15-9-10-16-17-11-12-20(25-13-6-4-2)22(24)19(17)14-18(16)21(15)23/h9-12H,3-8,13-14H2,1-2H3. The van der Waals surface area contributed by atoms with Gasteiger partial charge in [-0.15, -0.1) is 0 Å². The Bertz CT molecular complexity index is 689. The molecule has 0 aliphatic heterocycles. The molecule has 0 saturated heterocycles. The Labute approximate surface area is 149 Å². The lowest BCUT2D eigenvalue weighted by atomic mass is 9.99. The first kappa shape index (κ1) is 17.9. The van der Waals surface area contributed by atoms with Crippen molar-refractivity contribution in [3.63, 3.8) is 0 Å². The van der Waals surface area contributed by atoms with Crippen LogP contribution in [0.2, 0.25) is 0 Å². The minimum absolute atomic E-state index is 0.155. The largest absolute Gasteiger partial charge is 0.491 e. The number of benzene rings is 2. The number of unbranched alkanes of at least 4 members (excludes halogenated alkanes) is 3. The predicted octanol–water partition coefficient (Wildman–Crippen LogP) is 6.45. The van der Waals surface area contributed by atoms with Gasteiger partial charge in [-0.1, -0.05) is 51.3 Å². The molecule has 3 heteroatoms. The lowest BCUT2D eigenvalue weighted by Crippen LogP contribution is -2.01. The average Bonchev–Trinajstić information content (AvgIpc) is 3.00. The maximum absolute atomic E-state index is 14.9. The van der Waals surface area contributed by atoms with Crippen LogP contribution in [0.15, 0.2) is 24.3 Å². The van der Waals surface area contributed by atoms with Crippen molar-refractivity contribution < 1.29 is 13.5 Å². The summed E-state index contributed by atoms with van der Waals surface area (Å²) in [6, 6.07) is 7.35. The van der Waals surface area contributed by atoms with E-state index in [4.69, 9.17) is 4.74 Å². The summed E-state index contributed by atoms with van der Waals surface area (Å²) in [6.07, 6.45) is 6.17. The first-order chi connectivity index (χ1) is 12.2. The zero-order valence-electron chi connectivity index (χ0n) is 15.1.